The zero-order chi connectivity index (χ0) is 42.0. The SMILES string of the molecule is C#Cc1c(F)ccc2cc(O)cc(-c3ncc4c(N5CC6CCC(C5)N6C(=O)/C=C/c5cccc6c5CN(C(=O)C=C)CC6)nc(OCC56CCCN5CCC6)nc4c3F)c12. The fraction of sp³-hybridized carbons (Fsp3) is 0.354. The second-order valence-electron chi connectivity index (χ2n) is 16.9. The van der Waals surface area contributed by atoms with Crippen molar-refractivity contribution in [3.05, 3.63) is 101 Å². The largest absolute Gasteiger partial charge is 0.508 e. The van der Waals surface area contributed by atoms with Crippen LogP contribution in [0.2, 0.25) is 0 Å². The summed E-state index contributed by atoms with van der Waals surface area (Å²) in [5.41, 5.74) is 2.89. The van der Waals surface area contributed by atoms with Gasteiger partial charge in [0.2, 0.25) is 11.8 Å². The second kappa shape index (κ2) is 15.3. The summed E-state index contributed by atoms with van der Waals surface area (Å²) in [7, 11) is 0. The molecule has 61 heavy (non-hydrogen) atoms. The molecule has 2 aromatic heterocycles. The van der Waals surface area contributed by atoms with E-state index >= 15 is 8.78 Å². The van der Waals surface area contributed by atoms with Crippen molar-refractivity contribution >= 4 is 45.4 Å². The van der Waals surface area contributed by atoms with Crippen molar-refractivity contribution in [2.24, 2.45) is 0 Å². The highest BCUT2D eigenvalue weighted by Crippen LogP contribution is 2.42. The number of phenols is 1. The number of phenolic OH excluding ortho intramolecular Hbond substituents is 1. The fourth-order valence-electron chi connectivity index (χ4n) is 10.7. The minimum atomic E-state index is -0.784. The summed E-state index contributed by atoms with van der Waals surface area (Å²) >= 11 is 0. The summed E-state index contributed by atoms with van der Waals surface area (Å²) in [6.45, 7) is 8.02. The first kappa shape index (κ1) is 38.8. The lowest BCUT2D eigenvalue weighted by Gasteiger charge is -2.41. The molecule has 310 valence electrons. The molecule has 11 nitrogen and oxygen atoms in total. The molecule has 5 aromatic rings. The molecule has 0 saturated carbocycles. The van der Waals surface area contributed by atoms with E-state index in [0.717, 1.165) is 69.2 Å². The molecule has 1 N–H and O–H groups in total. The van der Waals surface area contributed by atoms with Crippen LogP contribution in [0, 0.1) is 24.0 Å². The quantitative estimate of drug-likeness (QED) is 0.134. The van der Waals surface area contributed by atoms with Crippen LogP contribution in [0.5, 0.6) is 11.8 Å². The van der Waals surface area contributed by atoms with E-state index in [-0.39, 0.29) is 68.9 Å². The molecule has 2 atom stereocenters. The summed E-state index contributed by atoms with van der Waals surface area (Å²) in [4.78, 5) is 48.9. The third-order valence-electron chi connectivity index (χ3n) is 13.6. The molecular formula is C48H45F2N7O4. The van der Waals surface area contributed by atoms with Gasteiger partial charge in [0.1, 0.15) is 35.2 Å². The topological polar surface area (TPSA) is 115 Å². The summed E-state index contributed by atoms with van der Waals surface area (Å²) in [6, 6.07) is 11.3. The number of anilines is 1. The van der Waals surface area contributed by atoms with Gasteiger partial charge in [0, 0.05) is 61.5 Å². The van der Waals surface area contributed by atoms with E-state index in [1.54, 1.807) is 11.0 Å². The van der Waals surface area contributed by atoms with Crippen molar-refractivity contribution in [3.63, 3.8) is 0 Å². The van der Waals surface area contributed by atoms with Crippen LogP contribution in [0.25, 0.3) is 39.0 Å². The number of aromatic nitrogens is 3. The molecular weight excluding hydrogens is 777 g/mol. The number of terminal acetylenes is 1. The molecule has 5 aliphatic heterocycles. The molecule has 0 aliphatic carbocycles. The maximum atomic E-state index is 17.2. The summed E-state index contributed by atoms with van der Waals surface area (Å²) in [6.07, 6.45) is 18.6. The van der Waals surface area contributed by atoms with Gasteiger partial charge in [0.25, 0.3) is 0 Å². The van der Waals surface area contributed by atoms with Gasteiger partial charge in [-0.1, -0.05) is 36.8 Å². The van der Waals surface area contributed by atoms with Gasteiger partial charge < -0.3 is 24.5 Å². The molecule has 13 heteroatoms. The average molecular weight is 822 g/mol. The number of pyridine rings is 1. The van der Waals surface area contributed by atoms with Gasteiger partial charge >= 0.3 is 6.01 Å². The monoisotopic (exact) mass is 821 g/mol. The number of fused-ring (bicyclic) bond motifs is 6. The lowest BCUT2D eigenvalue weighted by molar-refractivity contribution is -0.129. The van der Waals surface area contributed by atoms with Gasteiger partial charge in [-0.25, -0.2) is 8.78 Å². The molecule has 2 bridgehead atoms. The van der Waals surface area contributed by atoms with Crippen molar-refractivity contribution in [2.75, 3.05) is 44.2 Å². The number of piperazine rings is 1. The van der Waals surface area contributed by atoms with Gasteiger partial charge in [-0.05, 0) is 110 Å². The Morgan fingerprint density at radius 2 is 1.82 bits per heavy atom. The minimum Gasteiger partial charge on any atom is -0.508 e. The van der Waals surface area contributed by atoms with Crippen LogP contribution < -0.4 is 9.64 Å². The predicted molar refractivity (Wildman–Crippen MR) is 229 cm³/mol. The highest BCUT2D eigenvalue weighted by molar-refractivity contribution is 6.03. The number of nitrogens with zero attached hydrogens (tertiary/aromatic N) is 7. The average Bonchev–Trinajstić information content (AvgIpc) is 3.94. The van der Waals surface area contributed by atoms with Crippen molar-refractivity contribution in [1.29, 1.82) is 0 Å². The van der Waals surface area contributed by atoms with E-state index in [2.05, 4.69) is 38.3 Å². The molecule has 0 radical (unpaired) electrons. The summed E-state index contributed by atoms with van der Waals surface area (Å²) < 4.78 is 38.7. The van der Waals surface area contributed by atoms with Gasteiger partial charge in [-0.3, -0.25) is 19.5 Å². The van der Waals surface area contributed by atoms with Crippen LogP contribution >= 0.6 is 0 Å². The first-order valence-electron chi connectivity index (χ1n) is 21.1. The number of benzene rings is 3. The Labute approximate surface area is 352 Å². The number of ether oxygens (including phenoxy) is 1. The maximum absolute atomic E-state index is 17.2. The van der Waals surface area contributed by atoms with Crippen LogP contribution in [-0.4, -0.2) is 104 Å². The highest BCUT2D eigenvalue weighted by atomic mass is 19.1. The third-order valence-corrected chi connectivity index (χ3v) is 13.6. The number of carbonyl (C=O) groups is 2. The van der Waals surface area contributed by atoms with Crippen LogP contribution in [0.3, 0.4) is 0 Å². The maximum Gasteiger partial charge on any atom is 0.319 e. The molecule has 3 aromatic carbocycles. The normalized spacial score (nSPS) is 20.6. The Balaban J connectivity index is 0.988. The van der Waals surface area contributed by atoms with Gasteiger partial charge in [0.05, 0.1) is 16.5 Å². The molecule has 10 rings (SSSR count). The van der Waals surface area contributed by atoms with Crippen LogP contribution in [0.1, 0.15) is 60.8 Å². The number of carbonyl (C=O) groups excluding carboxylic acids is 2. The predicted octanol–water partition coefficient (Wildman–Crippen LogP) is 6.78. The molecule has 4 saturated heterocycles. The van der Waals surface area contributed by atoms with E-state index in [1.807, 2.05) is 23.1 Å². The summed E-state index contributed by atoms with van der Waals surface area (Å²) in [5, 5.41) is 11.8. The number of aromatic hydroxyl groups is 1. The molecule has 5 aliphatic rings. The van der Waals surface area contributed by atoms with Crippen molar-refractivity contribution in [2.45, 2.75) is 69.1 Å². The number of hydrogen-bond acceptors (Lipinski definition) is 9. The van der Waals surface area contributed by atoms with E-state index in [4.69, 9.17) is 16.1 Å². The van der Waals surface area contributed by atoms with Gasteiger partial charge in [0.15, 0.2) is 5.82 Å². The Morgan fingerprint density at radius 1 is 1.03 bits per heavy atom. The third kappa shape index (κ3) is 6.64. The fourth-order valence-corrected chi connectivity index (χ4v) is 10.7. The number of amides is 2. The van der Waals surface area contributed by atoms with E-state index in [1.165, 1.54) is 42.1 Å². The van der Waals surface area contributed by atoms with Crippen molar-refractivity contribution in [1.82, 2.24) is 29.7 Å². The lowest BCUT2D eigenvalue weighted by Crippen LogP contribution is -2.55. The molecule has 0 spiro atoms. The Bertz CT molecular complexity index is 2710. The smallest absolute Gasteiger partial charge is 0.319 e. The first-order chi connectivity index (χ1) is 29.6. The standard InChI is InChI=1S/C48H45F2N7O4/c1-3-35-39(49)14-10-31-22-34(58)23-36(42(31)35)44-43(50)45-37(24-51-44)46(53-47(52-45)61-28-48-17-6-19-56(48)20-7-18-48)55-25-32-12-13-33(26-55)57(32)41(60)15-11-29-8-5-9-30-16-21-54(27-38(29)30)40(59)4-2/h1,4-5,8-11,14-15,22-24,32-33,58H,2,6-7,12-13,16-21,25-28H2/b15-11+. The molecule has 7 heterocycles. The van der Waals surface area contributed by atoms with Crippen LogP contribution in [-0.2, 0) is 22.6 Å². The van der Waals surface area contributed by atoms with Gasteiger partial charge in [-0.2, -0.15) is 9.97 Å². The van der Waals surface area contributed by atoms with E-state index in [9.17, 15) is 14.7 Å². The van der Waals surface area contributed by atoms with Crippen molar-refractivity contribution in [3.8, 4) is 35.4 Å². The minimum absolute atomic E-state index is 0.0271. The van der Waals surface area contributed by atoms with E-state index in [0.29, 0.717) is 49.4 Å². The Morgan fingerprint density at radius 3 is 2.57 bits per heavy atom. The molecule has 2 amide bonds. The Hall–Kier alpha value is -6.39. The van der Waals surface area contributed by atoms with E-state index < -0.39 is 11.6 Å². The zero-order valence-electron chi connectivity index (χ0n) is 33.7. The summed E-state index contributed by atoms with van der Waals surface area (Å²) in [5.74, 6) is 1.06. The van der Waals surface area contributed by atoms with Crippen LogP contribution in [0.4, 0.5) is 14.6 Å². The molecule has 2 unspecified atom stereocenters. The Kier molecular flexibility index (Phi) is 9.70. The number of rotatable bonds is 8. The molecule has 4 fully saturated rings. The lowest BCUT2D eigenvalue weighted by atomic mass is 9.94. The highest BCUT2D eigenvalue weighted by Gasteiger charge is 2.46. The number of halogens is 2. The van der Waals surface area contributed by atoms with Crippen LogP contribution in [0.15, 0.2) is 67.4 Å². The number of hydrogen-bond donors (Lipinski definition) is 1. The van der Waals surface area contributed by atoms with Crippen molar-refractivity contribution < 1.29 is 28.2 Å². The zero-order valence-corrected chi connectivity index (χ0v) is 33.7. The second-order valence-corrected chi connectivity index (χ2v) is 16.9. The first-order valence-corrected chi connectivity index (χ1v) is 21.1. The van der Waals surface area contributed by atoms with Gasteiger partial charge in [-0.15, -0.1) is 6.42 Å².